The van der Waals surface area contributed by atoms with Gasteiger partial charge >= 0.3 is 0 Å². The highest BCUT2D eigenvalue weighted by Gasteiger charge is 2.18. The molecule has 0 heterocycles. The number of hydrogen-bond acceptors (Lipinski definition) is 4. The Bertz CT molecular complexity index is 685. The Balaban J connectivity index is 2.19. The second-order valence-corrected chi connectivity index (χ2v) is 4.75. The fourth-order valence-corrected chi connectivity index (χ4v) is 2.10. The average Bonchev–Trinajstić information content (AvgIpc) is 2.51. The van der Waals surface area contributed by atoms with Crippen LogP contribution < -0.4 is 16.4 Å². The number of nitrogens with two attached hydrogens (primary N) is 1. The predicted molar refractivity (Wildman–Crippen MR) is 85.6 cm³/mol. The van der Waals surface area contributed by atoms with Crippen molar-refractivity contribution in [2.24, 2.45) is 0 Å². The van der Waals surface area contributed by atoms with Gasteiger partial charge in [0, 0.05) is 23.2 Å². The molecule has 0 aliphatic carbocycles. The Morgan fingerprint density at radius 3 is 2.55 bits per heavy atom. The third kappa shape index (κ3) is 3.48. The summed E-state index contributed by atoms with van der Waals surface area (Å²) in [6.07, 6.45) is 1.13. The quantitative estimate of drug-likeness (QED) is 0.504. The summed E-state index contributed by atoms with van der Waals surface area (Å²) in [6, 6.07) is 10.0. The van der Waals surface area contributed by atoms with Gasteiger partial charge in [-0.05, 0) is 42.9 Å². The summed E-state index contributed by atoms with van der Waals surface area (Å²) in [4.78, 5) is 12.4. The van der Waals surface area contributed by atoms with E-state index >= 15 is 0 Å². The zero-order valence-electron chi connectivity index (χ0n) is 12.1. The van der Waals surface area contributed by atoms with Crippen LogP contribution in [-0.4, -0.2) is 19.2 Å². The van der Waals surface area contributed by atoms with E-state index in [0.29, 0.717) is 22.5 Å². The Kier molecular flexibility index (Phi) is 4.85. The van der Waals surface area contributed by atoms with Gasteiger partial charge in [-0.3, -0.25) is 4.79 Å². The summed E-state index contributed by atoms with van der Waals surface area (Å²) in [7, 11) is 1.65. The number of anilines is 2. The monoisotopic (exact) mass is 300 g/mol. The van der Waals surface area contributed by atoms with Crippen molar-refractivity contribution in [2.75, 3.05) is 18.1 Å². The van der Waals surface area contributed by atoms with Crippen molar-refractivity contribution >= 4 is 23.5 Å². The molecule has 1 atom stereocenters. The SMILES string of the molecule is CNC(C(=O)Nc1ccc(N)c(C=N)c1)c1ccc(F)cc1. The number of carbonyl (C=O) groups is 1. The molecule has 2 rings (SSSR count). The minimum absolute atomic E-state index is 0.283. The summed E-state index contributed by atoms with van der Waals surface area (Å²) in [6.45, 7) is 0. The maximum atomic E-state index is 13.0. The van der Waals surface area contributed by atoms with Crippen LogP contribution in [0.1, 0.15) is 17.2 Å². The maximum Gasteiger partial charge on any atom is 0.246 e. The minimum Gasteiger partial charge on any atom is -0.398 e. The summed E-state index contributed by atoms with van der Waals surface area (Å²) in [5.41, 5.74) is 7.91. The van der Waals surface area contributed by atoms with Crippen molar-refractivity contribution in [1.82, 2.24) is 5.32 Å². The van der Waals surface area contributed by atoms with Gasteiger partial charge < -0.3 is 21.8 Å². The molecule has 5 N–H and O–H groups in total. The van der Waals surface area contributed by atoms with Gasteiger partial charge in [-0.15, -0.1) is 0 Å². The first kappa shape index (κ1) is 15.7. The summed E-state index contributed by atoms with van der Waals surface area (Å²) < 4.78 is 13.0. The number of nitrogens with one attached hydrogen (secondary N) is 3. The number of rotatable bonds is 5. The summed E-state index contributed by atoms with van der Waals surface area (Å²) in [5, 5.41) is 12.9. The van der Waals surface area contributed by atoms with Crippen LogP contribution in [0.4, 0.5) is 15.8 Å². The molecule has 0 saturated heterocycles. The highest BCUT2D eigenvalue weighted by molar-refractivity contribution is 5.97. The van der Waals surface area contributed by atoms with Crippen LogP contribution in [-0.2, 0) is 4.79 Å². The Morgan fingerprint density at radius 2 is 1.95 bits per heavy atom. The third-order valence-corrected chi connectivity index (χ3v) is 3.26. The Hall–Kier alpha value is -2.73. The lowest BCUT2D eigenvalue weighted by Crippen LogP contribution is -2.30. The molecule has 114 valence electrons. The van der Waals surface area contributed by atoms with Gasteiger partial charge in [-0.25, -0.2) is 4.39 Å². The third-order valence-electron chi connectivity index (χ3n) is 3.26. The molecule has 0 aliphatic heterocycles. The molecule has 0 saturated carbocycles. The smallest absolute Gasteiger partial charge is 0.246 e. The minimum atomic E-state index is -0.610. The molecule has 2 aromatic rings. The van der Waals surface area contributed by atoms with Gasteiger partial charge in [0.25, 0.3) is 0 Å². The Labute approximate surface area is 127 Å². The molecule has 1 unspecified atom stereocenters. The lowest BCUT2D eigenvalue weighted by molar-refractivity contribution is -0.118. The molecule has 0 aromatic heterocycles. The van der Waals surface area contributed by atoms with Crippen molar-refractivity contribution in [3.8, 4) is 0 Å². The molecular formula is C16H17FN4O. The number of likely N-dealkylation sites (N-methyl/N-ethyl adjacent to an activating group) is 1. The number of nitrogen functional groups attached to an aromatic ring is 1. The molecule has 0 bridgehead atoms. The number of amides is 1. The van der Waals surface area contributed by atoms with E-state index in [1.165, 1.54) is 12.1 Å². The van der Waals surface area contributed by atoms with Gasteiger partial charge in [0.15, 0.2) is 0 Å². The van der Waals surface area contributed by atoms with Gasteiger partial charge in [-0.2, -0.15) is 0 Å². The normalized spacial score (nSPS) is 11.7. The molecule has 6 heteroatoms. The van der Waals surface area contributed by atoms with E-state index in [2.05, 4.69) is 10.6 Å². The first-order chi connectivity index (χ1) is 10.5. The summed E-state index contributed by atoms with van der Waals surface area (Å²) >= 11 is 0. The van der Waals surface area contributed by atoms with E-state index in [-0.39, 0.29) is 11.7 Å². The van der Waals surface area contributed by atoms with Gasteiger partial charge in [0.05, 0.1) is 0 Å². The largest absolute Gasteiger partial charge is 0.398 e. The number of hydrogen-bond donors (Lipinski definition) is 4. The Morgan fingerprint density at radius 1 is 1.27 bits per heavy atom. The van der Waals surface area contributed by atoms with Crippen LogP contribution in [0.25, 0.3) is 0 Å². The van der Waals surface area contributed by atoms with E-state index < -0.39 is 6.04 Å². The first-order valence-electron chi connectivity index (χ1n) is 6.68. The number of halogens is 1. The van der Waals surface area contributed by atoms with Crippen LogP contribution >= 0.6 is 0 Å². The maximum absolute atomic E-state index is 13.0. The van der Waals surface area contributed by atoms with Crippen LogP contribution in [0.5, 0.6) is 0 Å². The zero-order valence-corrected chi connectivity index (χ0v) is 12.1. The fourth-order valence-electron chi connectivity index (χ4n) is 2.10. The van der Waals surface area contributed by atoms with E-state index in [9.17, 15) is 9.18 Å². The molecule has 0 spiro atoms. The van der Waals surface area contributed by atoms with Crippen LogP contribution in [0.3, 0.4) is 0 Å². The van der Waals surface area contributed by atoms with Gasteiger partial charge in [0.2, 0.25) is 5.91 Å². The van der Waals surface area contributed by atoms with Crippen molar-refractivity contribution in [3.63, 3.8) is 0 Å². The van der Waals surface area contributed by atoms with Crippen LogP contribution in [0.15, 0.2) is 42.5 Å². The van der Waals surface area contributed by atoms with Gasteiger partial charge in [0.1, 0.15) is 11.9 Å². The van der Waals surface area contributed by atoms with E-state index in [1.54, 1.807) is 37.4 Å². The molecule has 5 nitrogen and oxygen atoms in total. The fraction of sp³-hybridized carbons (Fsp3) is 0.125. The van der Waals surface area contributed by atoms with Crippen molar-refractivity contribution in [1.29, 1.82) is 5.41 Å². The lowest BCUT2D eigenvalue weighted by atomic mass is 10.1. The highest BCUT2D eigenvalue weighted by Crippen LogP contribution is 2.19. The second kappa shape index (κ2) is 6.82. The zero-order chi connectivity index (χ0) is 16.1. The van der Waals surface area contributed by atoms with E-state index in [0.717, 1.165) is 6.21 Å². The van der Waals surface area contributed by atoms with Crippen molar-refractivity contribution < 1.29 is 9.18 Å². The molecule has 22 heavy (non-hydrogen) atoms. The van der Waals surface area contributed by atoms with Crippen molar-refractivity contribution in [3.05, 3.63) is 59.4 Å². The van der Waals surface area contributed by atoms with Crippen molar-refractivity contribution in [2.45, 2.75) is 6.04 Å². The molecule has 1 amide bonds. The topological polar surface area (TPSA) is 91.0 Å². The number of benzene rings is 2. The van der Waals surface area contributed by atoms with E-state index in [1.807, 2.05) is 0 Å². The number of carbonyl (C=O) groups excluding carboxylic acids is 1. The van der Waals surface area contributed by atoms with E-state index in [4.69, 9.17) is 11.1 Å². The standard InChI is InChI=1S/C16H17FN4O/c1-20-15(10-2-4-12(17)5-3-10)16(22)21-13-6-7-14(19)11(8-13)9-18/h2-9,15,18,20H,19H2,1H3,(H,21,22). The first-order valence-corrected chi connectivity index (χ1v) is 6.68. The molecule has 0 radical (unpaired) electrons. The van der Waals surface area contributed by atoms with Crippen LogP contribution in [0.2, 0.25) is 0 Å². The average molecular weight is 300 g/mol. The predicted octanol–water partition coefficient (Wildman–Crippen LogP) is 2.30. The molecule has 0 aliphatic rings. The second-order valence-electron chi connectivity index (χ2n) is 4.75. The van der Waals surface area contributed by atoms with Gasteiger partial charge in [-0.1, -0.05) is 12.1 Å². The van der Waals surface area contributed by atoms with Crippen LogP contribution in [0, 0.1) is 11.2 Å². The highest BCUT2D eigenvalue weighted by atomic mass is 19.1. The summed E-state index contributed by atoms with van der Waals surface area (Å²) in [5.74, 6) is -0.636. The molecule has 2 aromatic carbocycles. The molecular weight excluding hydrogens is 283 g/mol. The lowest BCUT2D eigenvalue weighted by Gasteiger charge is -2.17. The molecule has 0 fully saturated rings.